The van der Waals surface area contributed by atoms with E-state index in [1.54, 1.807) is 31.3 Å². The molecule has 25 heavy (non-hydrogen) atoms. The Morgan fingerprint density at radius 3 is 2.48 bits per heavy atom. The number of benzene rings is 1. The van der Waals surface area contributed by atoms with E-state index >= 15 is 0 Å². The molecule has 3 rings (SSSR count). The van der Waals surface area contributed by atoms with Crippen LogP contribution in [-0.2, 0) is 23.9 Å². The van der Waals surface area contributed by atoms with Crippen LogP contribution in [-0.4, -0.2) is 44.4 Å². The molecule has 0 amide bonds. The molecule has 8 heteroatoms. The minimum absolute atomic E-state index is 0.378. The molecule has 2 heterocycles. The molecule has 132 valence electrons. The van der Waals surface area contributed by atoms with E-state index in [0.29, 0.717) is 16.5 Å². The number of hydrogen-bond acceptors (Lipinski definition) is 8. The van der Waals surface area contributed by atoms with Crippen LogP contribution in [0.5, 0.6) is 0 Å². The van der Waals surface area contributed by atoms with Gasteiger partial charge in [-0.05, 0) is 11.6 Å². The number of esters is 2. The highest BCUT2D eigenvalue weighted by Gasteiger charge is 2.52. The van der Waals surface area contributed by atoms with Gasteiger partial charge in [0.2, 0.25) is 0 Å². The summed E-state index contributed by atoms with van der Waals surface area (Å²) in [6.07, 6.45) is -1.17. The highest BCUT2D eigenvalue weighted by atomic mass is 16.7. The number of hydrogen-bond donors (Lipinski definition) is 0. The Morgan fingerprint density at radius 1 is 1.12 bits per heavy atom. The van der Waals surface area contributed by atoms with Crippen LogP contribution in [0.2, 0.25) is 0 Å². The number of nitrogens with zero attached hydrogens (tertiary/aromatic N) is 1. The molecule has 0 spiro atoms. The summed E-state index contributed by atoms with van der Waals surface area (Å²) in [6.45, 7) is 0. The lowest BCUT2D eigenvalue weighted by molar-refractivity contribution is -0.182. The molecule has 1 aromatic heterocycles. The largest absolute Gasteiger partial charge is 0.469 e. The van der Waals surface area contributed by atoms with Crippen LogP contribution in [0.1, 0.15) is 11.6 Å². The maximum atomic E-state index is 12.4. The van der Waals surface area contributed by atoms with Gasteiger partial charge in [-0.15, -0.1) is 0 Å². The molecule has 1 aromatic carbocycles. The summed E-state index contributed by atoms with van der Waals surface area (Å²) < 4.78 is 14.8. The summed E-state index contributed by atoms with van der Waals surface area (Å²) in [5, 5.41) is 2.01. The fourth-order valence-electron chi connectivity index (χ4n) is 3.17. The van der Waals surface area contributed by atoms with Crippen molar-refractivity contribution in [3.05, 3.63) is 46.3 Å². The summed E-state index contributed by atoms with van der Waals surface area (Å²) in [4.78, 5) is 41.9. The first-order chi connectivity index (χ1) is 12.0. The number of carbonyl (C=O) groups excluding carboxylic acids is 2. The molecule has 0 aliphatic carbocycles. The van der Waals surface area contributed by atoms with Crippen LogP contribution in [0.3, 0.4) is 0 Å². The zero-order chi connectivity index (χ0) is 18.1. The molecule has 1 saturated heterocycles. The van der Waals surface area contributed by atoms with Crippen molar-refractivity contribution in [3.63, 3.8) is 0 Å². The molecular formula is C17H17NO7. The average molecular weight is 347 g/mol. The zero-order valence-corrected chi connectivity index (χ0v) is 13.9. The SMILES string of the molecule is COC(=O)C1ON(C)C(c2cc(=O)oc3ccccc23)C1C(=O)OC. The van der Waals surface area contributed by atoms with Crippen molar-refractivity contribution in [1.82, 2.24) is 5.06 Å². The molecule has 0 saturated carbocycles. The first-order valence-corrected chi connectivity index (χ1v) is 7.56. The van der Waals surface area contributed by atoms with Crippen LogP contribution >= 0.6 is 0 Å². The second-order valence-electron chi connectivity index (χ2n) is 5.61. The summed E-state index contributed by atoms with van der Waals surface area (Å²) in [5.74, 6) is -2.33. The topological polar surface area (TPSA) is 95.3 Å². The van der Waals surface area contributed by atoms with Gasteiger partial charge in [-0.3, -0.25) is 9.63 Å². The second-order valence-corrected chi connectivity index (χ2v) is 5.61. The van der Waals surface area contributed by atoms with E-state index in [-0.39, 0.29) is 0 Å². The fraction of sp³-hybridized carbons (Fsp3) is 0.353. The first kappa shape index (κ1) is 17.1. The predicted molar refractivity (Wildman–Crippen MR) is 85.4 cm³/mol. The van der Waals surface area contributed by atoms with Crippen LogP contribution < -0.4 is 5.63 Å². The smallest absolute Gasteiger partial charge is 0.338 e. The van der Waals surface area contributed by atoms with Gasteiger partial charge in [-0.1, -0.05) is 18.2 Å². The third kappa shape index (κ3) is 2.90. The lowest BCUT2D eigenvalue weighted by Gasteiger charge is -2.22. The van der Waals surface area contributed by atoms with Crippen molar-refractivity contribution in [2.75, 3.05) is 21.3 Å². The highest BCUT2D eigenvalue weighted by molar-refractivity contribution is 5.87. The van der Waals surface area contributed by atoms with Crippen molar-refractivity contribution in [2.45, 2.75) is 12.1 Å². The Bertz CT molecular complexity index is 875. The first-order valence-electron chi connectivity index (χ1n) is 7.56. The van der Waals surface area contributed by atoms with Gasteiger partial charge >= 0.3 is 17.6 Å². The Morgan fingerprint density at radius 2 is 1.80 bits per heavy atom. The lowest BCUT2D eigenvalue weighted by atomic mass is 9.88. The number of hydroxylamine groups is 2. The lowest BCUT2D eigenvalue weighted by Crippen LogP contribution is -2.36. The number of carbonyl (C=O) groups is 2. The maximum absolute atomic E-state index is 12.4. The second kappa shape index (κ2) is 6.66. The Hall–Kier alpha value is -2.71. The molecule has 3 atom stereocenters. The predicted octanol–water partition coefficient (Wildman–Crippen LogP) is 1.04. The van der Waals surface area contributed by atoms with Gasteiger partial charge in [0.05, 0.1) is 20.3 Å². The summed E-state index contributed by atoms with van der Waals surface area (Å²) in [5.41, 5.74) is 0.326. The van der Waals surface area contributed by atoms with E-state index in [0.717, 1.165) is 0 Å². The van der Waals surface area contributed by atoms with Gasteiger partial charge in [0, 0.05) is 18.5 Å². The average Bonchev–Trinajstić information content (AvgIpc) is 2.96. The van der Waals surface area contributed by atoms with E-state index in [9.17, 15) is 14.4 Å². The van der Waals surface area contributed by atoms with Gasteiger partial charge in [0.1, 0.15) is 11.5 Å². The highest BCUT2D eigenvalue weighted by Crippen LogP contribution is 2.41. The van der Waals surface area contributed by atoms with E-state index in [2.05, 4.69) is 0 Å². The van der Waals surface area contributed by atoms with Crippen LogP contribution in [0, 0.1) is 5.92 Å². The zero-order valence-electron chi connectivity index (χ0n) is 13.9. The quantitative estimate of drug-likeness (QED) is 0.600. The maximum Gasteiger partial charge on any atom is 0.338 e. The van der Waals surface area contributed by atoms with Crippen molar-refractivity contribution in [1.29, 1.82) is 0 Å². The summed E-state index contributed by atoms with van der Waals surface area (Å²) in [7, 11) is 4.01. The van der Waals surface area contributed by atoms with E-state index in [1.165, 1.54) is 25.3 Å². The van der Waals surface area contributed by atoms with E-state index in [4.69, 9.17) is 18.7 Å². The van der Waals surface area contributed by atoms with Crippen molar-refractivity contribution < 1.29 is 28.3 Å². The number of fused-ring (bicyclic) bond motifs is 1. The van der Waals surface area contributed by atoms with Crippen LogP contribution in [0.25, 0.3) is 11.0 Å². The van der Waals surface area contributed by atoms with Gasteiger partial charge in [0.15, 0.2) is 6.10 Å². The minimum atomic E-state index is -1.17. The van der Waals surface area contributed by atoms with Gasteiger partial charge in [-0.25, -0.2) is 9.59 Å². The number of ether oxygens (including phenoxy) is 2. The Kier molecular flexibility index (Phi) is 4.56. The van der Waals surface area contributed by atoms with E-state index < -0.39 is 35.6 Å². The monoisotopic (exact) mass is 347 g/mol. The molecule has 1 aliphatic rings. The summed E-state index contributed by atoms with van der Waals surface area (Å²) >= 11 is 0. The van der Waals surface area contributed by atoms with E-state index in [1.807, 2.05) is 0 Å². The molecule has 1 aliphatic heterocycles. The van der Waals surface area contributed by atoms with Crippen molar-refractivity contribution in [2.24, 2.45) is 5.92 Å². The molecule has 2 aromatic rings. The normalized spacial score (nSPS) is 23.6. The molecule has 8 nitrogen and oxygen atoms in total. The van der Waals surface area contributed by atoms with Crippen LogP contribution in [0.15, 0.2) is 39.5 Å². The van der Waals surface area contributed by atoms with Gasteiger partial charge in [0.25, 0.3) is 0 Å². The molecule has 0 bridgehead atoms. The Balaban J connectivity index is 2.19. The number of methoxy groups -OCH3 is 2. The molecule has 3 unspecified atom stereocenters. The number of para-hydroxylation sites is 1. The third-order valence-electron chi connectivity index (χ3n) is 4.25. The minimum Gasteiger partial charge on any atom is -0.469 e. The van der Waals surface area contributed by atoms with Crippen LogP contribution in [0.4, 0.5) is 0 Å². The van der Waals surface area contributed by atoms with Crippen molar-refractivity contribution >= 4 is 22.9 Å². The molecule has 0 N–H and O–H groups in total. The van der Waals surface area contributed by atoms with Gasteiger partial charge < -0.3 is 13.9 Å². The van der Waals surface area contributed by atoms with Gasteiger partial charge in [-0.2, -0.15) is 5.06 Å². The molecule has 1 fully saturated rings. The third-order valence-corrected chi connectivity index (χ3v) is 4.25. The molecule has 0 radical (unpaired) electrons. The molecular weight excluding hydrogens is 330 g/mol. The Labute approximate surface area is 142 Å². The standard InChI is InChI=1S/C17H17NO7/c1-18-14(13(16(20)22-2)15(25-18)17(21)23-3)10-8-12(19)24-11-7-5-4-6-9(10)11/h4-8,13-15H,1-3H3. The number of rotatable bonds is 3. The summed E-state index contributed by atoms with van der Waals surface area (Å²) in [6, 6.07) is 7.52. The fourth-order valence-corrected chi connectivity index (χ4v) is 3.17. The van der Waals surface area contributed by atoms with Crippen molar-refractivity contribution in [3.8, 4) is 0 Å².